The number of imide groups is 1. The number of benzene rings is 4. The van der Waals surface area contributed by atoms with Crippen LogP contribution in [0.2, 0.25) is 10.0 Å². The summed E-state index contributed by atoms with van der Waals surface area (Å²) < 4.78 is 39.7. The predicted octanol–water partition coefficient (Wildman–Crippen LogP) is 9.05. The molecular weight excluding hydrogens is 561 g/mol. The normalized spacial score (nSPS) is 10.7. The van der Waals surface area contributed by atoms with Crippen LogP contribution in [0.4, 0.5) is 19.3 Å². The molecule has 10 heteroatoms. The molecule has 3 amide bonds. The largest absolute Gasteiger partial charge is 0.457 e. The molecule has 0 aliphatic rings. The van der Waals surface area contributed by atoms with Crippen LogP contribution in [0.5, 0.6) is 23.0 Å². The molecule has 40 heavy (non-hydrogen) atoms. The summed E-state index contributed by atoms with van der Waals surface area (Å²) >= 11 is 13.0. The first-order valence-corrected chi connectivity index (χ1v) is 12.8. The van der Waals surface area contributed by atoms with Gasteiger partial charge in [-0.25, -0.2) is 13.6 Å². The van der Waals surface area contributed by atoms with Crippen LogP contribution in [0.15, 0.2) is 60.7 Å². The summed E-state index contributed by atoms with van der Waals surface area (Å²) in [6, 6.07) is 14.4. The van der Waals surface area contributed by atoms with Crippen molar-refractivity contribution in [1.29, 1.82) is 0 Å². The molecule has 0 unspecified atom stereocenters. The Labute approximate surface area is 239 Å². The van der Waals surface area contributed by atoms with Gasteiger partial charge in [0, 0.05) is 11.8 Å². The summed E-state index contributed by atoms with van der Waals surface area (Å²) in [5, 5.41) is 4.86. The van der Waals surface area contributed by atoms with Gasteiger partial charge in [0.05, 0.1) is 10.0 Å². The van der Waals surface area contributed by atoms with Crippen molar-refractivity contribution < 1.29 is 27.8 Å². The average molecular weight is 585 g/mol. The smallest absolute Gasteiger partial charge is 0.326 e. The first kappa shape index (κ1) is 28.9. The first-order chi connectivity index (χ1) is 18.9. The van der Waals surface area contributed by atoms with E-state index in [1.165, 1.54) is 0 Å². The molecule has 0 bridgehead atoms. The van der Waals surface area contributed by atoms with Gasteiger partial charge in [0.1, 0.15) is 40.2 Å². The van der Waals surface area contributed by atoms with Gasteiger partial charge in [-0.3, -0.25) is 10.1 Å². The fraction of sp³-hybridized carbons (Fsp3) is 0.133. The lowest BCUT2D eigenvalue weighted by Gasteiger charge is -2.18. The molecule has 0 aliphatic heterocycles. The van der Waals surface area contributed by atoms with Crippen molar-refractivity contribution in [3.63, 3.8) is 0 Å². The van der Waals surface area contributed by atoms with Crippen LogP contribution in [-0.4, -0.2) is 11.9 Å². The van der Waals surface area contributed by atoms with Gasteiger partial charge in [0.2, 0.25) is 0 Å². The molecule has 0 atom stereocenters. The standard InChI is InChI=1S/C30H24Cl2F2N2O4/c1-15-8-10-24(16(2)12-15)39-19-9-11-25(20(31)14-19)40-28-17(3)13-23(18(4)27(28)32)35-30(38)36-29(37)26-21(33)6-5-7-22(26)34/h5-14H,1-4H3,(H2,35,36,37,38). The van der Waals surface area contributed by atoms with E-state index in [1.54, 1.807) is 38.1 Å². The number of aryl methyl sites for hydroxylation is 3. The third-order valence-corrected chi connectivity index (χ3v) is 6.74. The van der Waals surface area contributed by atoms with E-state index in [-0.39, 0.29) is 15.7 Å². The lowest BCUT2D eigenvalue weighted by molar-refractivity contribution is 0.0959. The van der Waals surface area contributed by atoms with Crippen LogP contribution in [0.25, 0.3) is 0 Å². The van der Waals surface area contributed by atoms with Gasteiger partial charge >= 0.3 is 6.03 Å². The number of nitrogens with one attached hydrogen (secondary N) is 2. The van der Waals surface area contributed by atoms with Crippen molar-refractivity contribution >= 4 is 40.8 Å². The molecule has 4 rings (SSSR count). The minimum Gasteiger partial charge on any atom is -0.457 e. The third kappa shape index (κ3) is 6.35. The van der Waals surface area contributed by atoms with Gasteiger partial charge in [0.25, 0.3) is 5.91 Å². The van der Waals surface area contributed by atoms with E-state index in [9.17, 15) is 18.4 Å². The van der Waals surface area contributed by atoms with E-state index in [0.29, 0.717) is 34.1 Å². The topological polar surface area (TPSA) is 76.7 Å². The van der Waals surface area contributed by atoms with Crippen molar-refractivity contribution in [1.82, 2.24) is 5.32 Å². The molecule has 0 saturated heterocycles. The molecule has 206 valence electrons. The van der Waals surface area contributed by atoms with Gasteiger partial charge in [-0.1, -0.05) is 47.0 Å². The SMILES string of the molecule is Cc1ccc(Oc2ccc(Oc3c(C)cc(NC(=O)NC(=O)c4c(F)cccc4F)c(C)c3Cl)c(Cl)c2)c(C)c1. The summed E-state index contributed by atoms with van der Waals surface area (Å²) in [6.45, 7) is 7.29. The van der Waals surface area contributed by atoms with Crippen molar-refractivity contribution in [3.8, 4) is 23.0 Å². The zero-order valence-corrected chi connectivity index (χ0v) is 23.4. The molecule has 6 nitrogen and oxygen atoms in total. The van der Waals surface area contributed by atoms with Crippen LogP contribution >= 0.6 is 23.2 Å². The lowest BCUT2D eigenvalue weighted by Crippen LogP contribution is -2.35. The summed E-state index contributed by atoms with van der Waals surface area (Å²) in [4.78, 5) is 24.7. The Morgan fingerprint density at radius 2 is 1.48 bits per heavy atom. The Hall–Kier alpha value is -4.14. The number of urea groups is 1. The number of anilines is 1. The number of ether oxygens (including phenoxy) is 2. The van der Waals surface area contributed by atoms with E-state index in [1.807, 2.05) is 37.4 Å². The highest BCUT2D eigenvalue weighted by Crippen LogP contribution is 2.42. The maximum absolute atomic E-state index is 13.9. The molecule has 0 aliphatic carbocycles. The summed E-state index contributed by atoms with van der Waals surface area (Å²) in [7, 11) is 0. The highest BCUT2D eigenvalue weighted by Gasteiger charge is 2.21. The Morgan fingerprint density at radius 1 is 0.800 bits per heavy atom. The number of hydrogen-bond donors (Lipinski definition) is 2. The lowest BCUT2D eigenvalue weighted by atomic mass is 10.1. The van der Waals surface area contributed by atoms with Gasteiger partial charge in [-0.15, -0.1) is 0 Å². The highest BCUT2D eigenvalue weighted by atomic mass is 35.5. The van der Waals surface area contributed by atoms with E-state index < -0.39 is 29.1 Å². The van der Waals surface area contributed by atoms with Gasteiger partial charge in [-0.05, 0) is 80.8 Å². The minimum absolute atomic E-state index is 0.188. The molecule has 4 aromatic rings. The molecule has 0 aromatic heterocycles. The number of amides is 3. The molecule has 0 spiro atoms. The minimum atomic E-state index is -1.23. The van der Waals surface area contributed by atoms with Crippen LogP contribution in [0.1, 0.15) is 32.6 Å². The maximum atomic E-state index is 13.9. The van der Waals surface area contributed by atoms with Crippen LogP contribution in [0.3, 0.4) is 0 Å². The predicted molar refractivity (Wildman–Crippen MR) is 151 cm³/mol. The van der Waals surface area contributed by atoms with E-state index in [0.717, 1.165) is 29.3 Å². The monoisotopic (exact) mass is 584 g/mol. The second-order valence-corrected chi connectivity index (χ2v) is 9.86. The molecule has 0 heterocycles. The Bertz CT molecular complexity index is 1620. The van der Waals surface area contributed by atoms with E-state index in [4.69, 9.17) is 32.7 Å². The molecule has 0 saturated carbocycles. The zero-order valence-electron chi connectivity index (χ0n) is 21.9. The number of hydrogen-bond acceptors (Lipinski definition) is 4. The number of carbonyl (C=O) groups excluding carboxylic acids is 2. The Kier molecular flexibility index (Phi) is 8.61. The van der Waals surface area contributed by atoms with Crippen LogP contribution < -0.4 is 20.1 Å². The fourth-order valence-corrected chi connectivity index (χ4v) is 4.42. The van der Waals surface area contributed by atoms with Gasteiger partial charge in [0.15, 0.2) is 0 Å². The van der Waals surface area contributed by atoms with E-state index in [2.05, 4.69) is 5.32 Å². The second kappa shape index (κ2) is 11.9. The molecule has 0 fully saturated rings. The van der Waals surface area contributed by atoms with Gasteiger partial charge in [-0.2, -0.15) is 0 Å². The second-order valence-electron chi connectivity index (χ2n) is 9.08. The number of carbonyl (C=O) groups is 2. The summed E-state index contributed by atoms with van der Waals surface area (Å²) in [5.41, 5.74) is 2.48. The number of rotatable bonds is 6. The van der Waals surface area contributed by atoms with Crippen molar-refractivity contribution in [3.05, 3.63) is 110 Å². The number of halogens is 4. The summed E-state index contributed by atoms with van der Waals surface area (Å²) in [5.74, 6) is -1.55. The van der Waals surface area contributed by atoms with Crippen LogP contribution in [-0.2, 0) is 0 Å². The molecule has 0 radical (unpaired) electrons. The molecular formula is C30H24Cl2F2N2O4. The Balaban J connectivity index is 1.49. The van der Waals surface area contributed by atoms with Crippen LogP contribution in [0, 0.1) is 39.3 Å². The fourth-order valence-electron chi connectivity index (χ4n) is 3.92. The third-order valence-electron chi connectivity index (χ3n) is 5.99. The molecule has 2 N–H and O–H groups in total. The Morgan fingerprint density at radius 3 is 2.12 bits per heavy atom. The van der Waals surface area contributed by atoms with E-state index >= 15 is 0 Å². The molecule has 4 aromatic carbocycles. The van der Waals surface area contributed by atoms with Crippen molar-refractivity contribution in [2.24, 2.45) is 0 Å². The maximum Gasteiger partial charge on any atom is 0.326 e. The summed E-state index contributed by atoms with van der Waals surface area (Å²) in [6.07, 6.45) is 0. The van der Waals surface area contributed by atoms with Gasteiger partial charge < -0.3 is 14.8 Å². The average Bonchev–Trinajstić information content (AvgIpc) is 2.87. The van der Waals surface area contributed by atoms with Crippen molar-refractivity contribution in [2.45, 2.75) is 27.7 Å². The van der Waals surface area contributed by atoms with Crippen molar-refractivity contribution in [2.75, 3.05) is 5.32 Å². The first-order valence-electron chi connectivity index (χ1n) is 12.0. The zero-order chi connectivity index (χ0) is 29.1. The highest BCUT2D eigenvalue weighted by molar-refractivity contribution is 6.34. The quantitative estimate of drug-likeness (QED) is 0.237.